The zero-order valence-electron chi connectivity index (χ0n) is 11.5. The molecule has 1 rings (SSSR count). The van der Waals surface area contributed by atoms with Crippen LogP contribution in [0.4, 0.5) is 0 Å². The van der Waals surface area contributed by atoms with E-state index < -0.39 is 0 Å². The molecule has 1 atom stereocenters. The molecule has 0 aromatic heterocycles. The van der Waals surface area contributed by atoms with E-state index in [9.17, 15) is 0 Å². The maximum Gasteiger partial charge on any atom is 0.0470 e. The highest BCUT2D eigenvalue weighted by atomic mass is 15.3. The highest BCUT2D eigenvalue weighted by Crippen LogP contribution is 2.28. The van der Waals surface area contributed by atoms with Gasteiger partial charge in [0.15, 0.2) is 0 Å². The number of likely N-dealkylation sites (tertiary alicyclic amines) is 1. The van der Waals surface area contributed by atoms with Crippen molar-refractivity contribution in [2.24, 2.45) is 5.73 Å². The van der Waals surface area contributed by atoms with Gasteiger partial charge in [0, 0.05) is 31.2 Å². The van der Waals surface area contributed by atoms with Crippen molar-refractivity contribution < 1.29 is 0 Å². The lowest BCUT2D eigenvalue weighted by Gasteiger charge is -2.40. The average Bonchev–Trinajstić information content (AvgIpc) is 2.71. The Kier molecular flexibility index (Phi) is 5.22. The molecular formula is C13H29N3. The molecule has 0 amide bonds. The number of nitrogens with two attached hydrogens (primary N) is 1. The number of likely N-dealkylation sites (N-methyl/N-ethyl adjacent to an activating group) is 1. The molecular weight excluding hydrogens is 198 g/mol. The lowest BCUT2D eigenvalue weighted by atomic mass is 9.95. The molecule has 0 spiro atoms. The maximum atomic E-state index is 6.07. The third-order valence-electron chi connectivity index (χ3n) is 4.02. The van der Waals surface area contributed by atoms with Crippen molar-refractivity contribution in [1.29, 1.82) is 0 Å². The predicted molar refractivity (Wildman–Crippen MR) is 70.6 cm³/mol. The molecule has 3 heteroatoms. The highest BCUT2D eigenvalue weighted by Gasteiger charge is 2.41. The molecule has 0 aromatic carbocycles. The monoisotopic (exact) mass is 227 g/mol. The molecule has 0 radical (unpaired) electrons. The molecule has 1 aliphatic heterocycles. The fourth-order valence-corrected chi connectivity index (χ4v) is 2.88. The Hall–Kier alpha value is -0.120. The second kappa shape index (κ2) is 5.99. The smallest absolute Gasteiger partial charge is 0.0470 e. The van der Waals surface area contributed by atoms with E-state index in [1.165, 1.54) is 25.9 Å². The fraction of sp³-hybridized carbons (Fsp3) is 1.00. The summed E-state index contributed by atoms with van der Waals surface area (Å²) in [5.41, 5.74) is 6.31. The third kappa shape index (κ3) is 2.76. The normalized spacial score (nSPS) is 27.2. The summed E-state index contributed by atoms with van der Waals surface area (Å²) in [5, 5.41) is 0. The van der Waals surface area contributed by atoms with E-state index in [1.807, 2.05) is 0 Å². The summed E-state index contributed by atoms with van der Waals surface area (Å²) in [5.74, 6) is 0. The molecule has 0 aromatic rings. The van der Waals surface area contributed by atoms with Gasteiger partial charge >= 0.3 is 0 Å². The van der Waals surface area contributed by atoms with E-state index in [0.29, 0.717) is 6.04 Å². The molecule has 1 fully saturated rings. The summed E-state index contributed by atoms with van der Waals surface area (Å²) >= 11 is 0. The van der Waals surface area contributed by atoms with Gasteiger partial charge in [-0.2, -0.15) is 0 Å². The average molecular weight is 227 g/mol. The molecule has 96 valence electrons. The first-order valence-corrected chi connectivity index (χ1v) is 6.78. The molecule has 0 saturated carbocycles. The van der Waals surface area contributed by atoms with Crippen molar-refractivity contribution in [2.75, 3.05) is 32.7 Å². The van der Waals surface area contributed by atoms with Crippen LogP contribution in [-0.2, 0) is 0 Å². The van der Waals surface area contributed by atoms with Crippen molar-refractivity contribution in [1.82, 2.24) is 9.80 Å². The second-order valence-electron chi connectivity index (χ2n) is 5.32. The zero-order chi connectivity index (χ0) is 12.2. The second-order valence-corrected chi connectivity index (χ2v) is 5.32. The summed E-state index contributed by atoms with van der Waals surface area (Å²) in [7, 11) is 0. The lowest BCUT2D eigenvalue weighted by Crippen LogP contribution is -2.56. The van der Waals surface area contributed by atoms with E-state index in [4.69, 9.17) is 5.73 Å². The van der Waals surface area contributed by atoms with Crippen LogP contribution in [0.15, 0.2) is 0 Å². The van der Waals surface area contributed by atoms with Crippen LogP contribution in [0.2, 0.25) is 0 Å². The van der Waals surface area contributed by atoms with E-state index in [0.717, 1.165) is 19.6 Å². The van der Waals surface area contributed by atoms with Gasteiger partial charge < -0.3 is 5.73 Å². The summed E-state index contributed by atoms with van der Waals surface area (Å²) in [4.78, 5) is 5.15. The van der Waals surface area contributed by atoms with E-state index in [-0.39, 0.29) is 5.54 Å². The van der Waals surface area contributed by atoms with Crippen molar-refractivity contribution in [2.45, 2.75) is 52.1 Å². The highest BCUT2D eigenvalue weighted by molar-refractivity contribution is 5.00. The van der Waals surface area contributed by atoms with Crippen LogP contribution in [0.25, 0.3) is 0 Å². The third-order valence-corrected chi connectivity index (χ3v) is 4.02. The Bertz CT molecular complexity index is 205. The maximum absolute atomic E-state index is 6.07. The number of hydrogen-bond acceptors (Lipinski definition) is 3. The predicted octanol–water partition coefficient (Wildman–Crippen LogP) is 1.53. The van der Waals surface area contributed by atoms with E-state index in [2.05, 4.69) is 37.5 Å². The molecule has 2 N–H and O–H groups in total. The first kappa shape index (κ1) is 13.9. The van der Waals surface area contributed by atoms with Gasteiger partial charge in [-0.25, -0.2) is 0 Å². The van der Waals surface area contributed by atoms with Gasteiger partial charge in [-0.1, -0.05) is 13.8 Å². The molecule has 1 unspecified atom stereocenters. The molecule has 3 nitrogen and oxygen atoms in total. The lowest BCUT2D eigenvalue weighted by molar-refractivity contribution is 0.0997. The first-order chi connectivity index (χ1) is 7.59. The van der Waals surface area contributed by atoms with E-state index >= 15 is 0 Å². The summed E-state index contributed by atoms with van der Waals surface area (Å²) in [6.45, 7) is 14.5. The van der Waals surface area contributed by atoms with E-state index in [1.54, 1.807) is 0 Å². The Balaban J connectivity index is 2.71. The van der Waals surface area contributed by atoms with Crippen LogP contribution < -0.4 is 5.73 Å². The van der Waals surface area contributed by atoms with Crippen LogP contribution >= 0.6 is 0 Å². The van der Waals surface area contributed by atoms with Crippen molar-refractivity contribution in [3.05, 3.63) is 0 Å². The Morgan fingerprint density at radius 1 is 1.38 bits per heavy atom. The topological polar surface area (TPSA) is 32.5 Å². The van der Waals surface area contributed by atoms with Gasteiger partial charge in [0.1, 0.15) is 0 Å². The SMILES string of the molecule is CCCN(CC)C1(CN)CCN(C(C)C)C1. The number of hydrogen-bond donors (Lipinski definition) is 1. The summed E-state index contributed by atoms with van der Waals surface area (Å²) < 4.78 is 0. The van der Waals surface area contributed by atoms with Crippen molar-refractivity contribution in [3.8, 4) is 0 Å². The number of nitrogens with zero attached hydrogens (tertiary/aromatic N) is 2. The summed E-state index contributed by atoms with van der Waals surface area (Å²) in [6, 6.07) is 0.647. The molecule has 1 aliphatic rings. The standard InChI is InChI=1S/C13H29N3/c1-5-8-16(6-2)13(10-14)7-9-15(11-13)12(3)4/h12H,5-11,14H2,1-4H3. The Morgan fingerprint density at radius 2 is 2.06 bits per heavy atom. The van der Waals surface area contributed by atoms with Gasteiger partial charge in [0.25, 0.3) is 0 Å². The molecule has 1 saturated heterocycles. The van der Waals surface area contributed by atoms with Gasteiger partial charge in [-0.3, -0.25) is 9.80 Å². The van der Waals surface area contributed by atoms with Crippen LogP contribution in [0, 0.1) is 0 Å². The quantitative estimate of drug-likeness (QED) is 0.747. The largest absolute Gasteiger partial charge is 0.329 e. The Morgan fingerprint density at radius 3 is 2.44 bits per heavy atom. The molecule has 0 bridgehead atoms. The minimum absolute atomic E-state index is 0.245. The minimum atomic E-state index is 0.245. The van der Waals surface area contributed by atoms with Gasteiger partial charge in [-0.05, 0) is 39.8 Å². The van der Waals surface area contributed by atoms with Crippen molar-refractivity contribution in [3.63, 3.8) is 0 Å². The van der Waals surface area contributed by atoms with Crippen LogP contribution in [-0.4, -0.2) is 54.1 Å². The fourth-order valence-electron chi connectivity index (χ4n) is 2.88. The van der Waals surface area contributed by atoms with Crippen LogP contribution in [0.1, 0.15) is 40.5 Å². The van der Waals surface area contributed by atoms with Gasteiger partial charge in [0.05, 0.1) is 0 Å². The van der Waals surface area contributed by atoms with Crippen LogP contribution in [0.5, 0.6) is 0 Å². The summed E-state index contributed by atoms with van der Waals surface area (Å²) in [6.07, 6.45) is 2.45. The molecule has 1 heterocycles. The molecule has 16 heavy (non-hydrogen) atoms. The Labute approximate surface area is 101 Å². The first-order valence-electron chi connectivity index (χ1n) is 6.78. The van der Waals surface area contributed by atoms with Crippen LogP contribution in [0.3, 0.4) is 0 Å². The molecule has 0 aliphatic carbocycles. The van der Waals surface area contributed by atoms with Gasteiger partial charge in [-0.15, -0.1) is 0 Å². The van der Waals surface area contributed by atoms with Gasteiger partial charge in [0.2, 0.25) is 0 Å². The number of rotatable bonds is 6. The van der Waals surface area contributed by atoms with Crippen molar-refractivity contribution >= 4 is 0 Å². The minimum Gasteiger partial charge on any atom is -0.329 e. The zero-order valence-corrected chi connectivity index (χ0v) is 11.5.